The molecular formula is C2NO. The molecule has 0 spiro atoms. The van der Waals surface area contributed by atoms with Crippen LogP contribution in [0.15, 0.2) is 0 Å². The molecule has 0 amide bonds. The summed E-state index contributed by atoms with van der Waals surface area (Å²) < 4.78 is 0. The molecule has 0 saturated heterocycles. The fraction of sp³-hybridized carbons (Fsp3) is 0. The van der Waals surface area contributed by atoms with Gasteiger partial charge in [-0.3, -0.25) is 0 Å². The summed E-state index contributed by atoms with van der Waals surface area (Å²) >= 11 is 0. The second-order valence-electron chi connectivity index (χ2n) is 0.214. The summed E-state index contributed by atoms with van der Waals surface area (Å²) in [6, 6.07) is 1.12. The first-order valence-electron chi connectivity index (χ1n) is 0.678. The van der Waals surface area contributed by atoms with Crippen molar-refractivity contribution < 1.29 is 5.11 Å². The minimum atomic E-state index is 0.986. The van der Waals surface area contributed by atoms with Gasteiger partial charge in [0.2, 0.25) is 0 Å². The Kier molecular flexibility index (Phi) is 2.11. The highest BCUT2D eigenvalue weighted by atomic mass is 16.2. The number of hydrogen-bond acceptors (Lipinski definition) is 1. The van der Waals surface area contributed by atoms with E-state index in [1.807, 2.05) is 0 Å². The fourth-order valence-electron chi connectivity index (χ4n) is 0. The highest BCUT2D eigenvalue weighted by Gasteiger charge is 1.61. The number of nitrogens with zero attached hydrogens (tertiary/aromatic N) is 1. The maximum atomic E-state index is 8.69. The normalized spacial score (nSPS) is 5.00. The van der Waals surface area contributed by atoms with Crippen molar-refractivity contribution in [1.29, 1.82) is 5.26 Å². The van der Waals surface area contributed by atoms with Crippen molar-refractivity contribution in [2.24, 2.45) is 0 Å². The summed E-state index contributed by atoms with van der Waals surface area (Å²) in [7, 11) is 0. The molecule has 0 aliphatic heterocycles. The predicted molar refractivity (Wildman–Crippen MR) is 9.54 cm³/mol. The molecule has 0 aromatic rings. The highest BCUT2D eigenvalue weighted by Crippen LogP contribution is 1.49. The molecule has 0 bridgehead atoms. The van der Waals surface area contributed by atoms with E-state index in [0.717, 1.165) is 12.7 Å². The van der Waals surface area contributed by atoms with Crippen LogP contribution in [0.4, 0.5) is 0 Å². The molecule has 0 rings (SSSR count). The van der Waals surface area contributed by atoms with Gasteiger partial charge < -0.3 is 0 Å². The van der Waals surface area contributed by atoms with Gasteiger partial charge in [-0.15, -0.1) is 0 Å². The molecule has 0 saturated carbocycles. The second kappa shape index (κ2) is 2.45. The first kappa shape index (κ1) is 3.45. The fourth-order valence-corrected chi connectivity index (χ4v) is 0. The van der Waals surface area contributed by atoms with Crippen LogP contribution in [0.1, 0.15) is 0 Å². The van der Waals surface area contributed by atoms with E-state index >= 15 is 0 Å². The van der Waals surface area contributed by atoms with E-state index in [2.05, 4.69) is 0 Å². The van der Waals surface area contributed by atoms with Gasteiger partial charge in [-0.1, -0.05) is 0 Å². The van der Waals surface area contributed by atoms with Gasteiger partial charge in [-0.2, -0.15) is 5.26 Å². The third-order valence-corrected chi connectivity index (χ3v) is 0.0456. The third-order valence-electron chi connectivity index (χ3n) is 0.0456. The second-order valence-corrected chi connectivity index (χ2v) is 0.214. The van der Waals surface area contributed by atoms with Crippen LogP contribution in [0.25, 0.3) is 0 Å². The number of nitriles is 1. The Labute approximate surface area is 24.3 Å². The predicted octanol–water partition coefficient (Wildman–Crippen LogP) is -0.0207. The van der Waals surface area contributed by atoms with Crippen molar-refractivity contribution in [3.05, 3.63) is 6.61 Å². The molecule has 3 radical (unpaired) electrons. The van der Waals surface area contributed by atoms with Gasteiger partial charge in [0.25, 0.3) is 6.61 Å². The molecule has 0 heterocycles. The van der Waals surface area contributed by atoms with Gasteiger partial charge in [0.05, 0.1) is 0 Å². The van der Waals surface area contributed by atoms with Crippen LogP contribution in [0, 0.1) is 17.9 Å². The molecule has 0 fully saturated rings. The standard InChI is InChI=1S/C2NO/c3-1-2-4. The summed E-state index contributed by atoms with van der Waals surface area (Å²) in [6.07, 6.45) is 0. The summed E-state index contributed by atoms with van der Waals surface area (Å²) in [4.78, 5) is 0. The van der Waals surface area contributed by atoms with Crippen LogP contribution in [-0.4, -0.2) is 0 Å². The maximum Gasteiger partial charge on any atom is 0.287 e. The molecule has 4 heavy (non-hydrogen) atoms. The first-order valence-corrected chi connectivity index (χ1v) is 0.678. The molecule has 0 aromatic carbocycles. The zero-order valence-corrected chi connectivity index (χ0v) is 1.86. The van der Waals surface area contributed by atoms with Crippen LogP contribution < -0.4 is 0 Å². The lowest BCUT2D eigenvalue weighted by molar-refractivity contribution is 0.307. The van der Waals surface area contributed by atoms with Crippen LogP contribution >= 0.6 is 0 Å². The Morgan fingerprint density at radius 2 is 2.00 bits per heavy atom. The molecule has 0 unspecified atom stereocenters. The Morgan fingerprint density at radius 1 is 1.75 bits per heavy atom. The quantitative estimate of drug-likeness (QED) is 0.383. The molecule has 0 aliphatic carbocycles. The van der Waals surface area contributed by atoms with E-state index in [1.165, 1.54) is 0 Å². The van der Waals surface area contributed by atoms with Crippen LogP contribution in [0.3, 0.4) is 0 Å². The van der Waals surface area contributed by atoms with Crippen molar-refractivity contribution >= 4 is 0 Å². The monoisotopic (exact) mass is 54.0 g/mol. The molecule has 2 nitrogen and oxygen atoms in total. The Hall–Kier alpha value is -0.550. The minimum Gasteiger partial charge on any atom is -0.203 e. The van der Waals surface area contributed by atoms with Gasteiger partial charge in [-0.05, 0) is 0 Å². The van der Waals surface area contributed by atoms with E-state index in [1.54, 1.807) is 0 Å². The van der Waals surface area contributed by atoms with E-state index < -0.39 is 0 Å². The number of hydrogen-bond donors (Lipinski definition) is 0. The minimum absolute atomic E-state index is 0.986. The molecular weight excluding hydrogens is 54.0 g/mol. The average molecular weight is 54.0 g/mol. The van der Waals surface area contributed by atoms with E-state index in [-0.39, 0.29) is 0 Å². The zero-order valence-electron chi connectivity index (χ0n) is 1.86. The zero-order chi connectivity index (χ0) is 3.41. The van der Waals surface area contributed by atoms with Crippen molar-refractivity contribution in [2.75, 3.05) is 0 Å². The Morgan fingerprint density at radius 3 is 2.00 bits per heavy atom. The molecule has 2 heteroatoms. The van der Waals surface area contributed by atoms with Gasteiger partial charge in [0, 0.05) is 0 Å². The summed E-state index contributed by atoms with van der Waals surface area (Å²) in [5, 5.41) is 15.9. The molecule has 0 aliphatic rings. The van der Waals surface area contributed by atoms with Crippen LogP contribution in [-0.2, 0) is 5.11 Å². The lowest BCUT2D eigenvalue weighted by atomic mass is 10.9. The van der Waals surface area contributed by atoms with Crippen molar-refractivity contribution in [3.8, 4) is 6.07 Å². The number of rotatable bonds is 0. The first-order chi connectivity index (χ1) is 1.91. The summed E-state index contributed by atoms with van der Waals surface area (Å²) in [5.41, 5.74) is 0. The lowest BCUT2D eigenvalue weighted by Crippen LogP contribution is -1.47. The van der Waals surface area contributed by atoms with E-state index in [4.69, 9.17) is 10.4 Å². The highest BCUT2D eigenvalue weighted by molar-refractivity contribution is 4.77. The lowest BCUT2D eigenvalue weighted by Gasteiger charge is -1.38. The Balaban J connectivity index is 2.43. The van der Waals surface area contributed by atoms with Crippen LogP contribution in [0.2, 0.25) is 0 Å². The SMILES string of the molecule is N#C[C][O]. The third kappa shape index (κ3) is 1.45. The largest absolute Gasteiger partial charge is 0.287 e. The van der Waals surface area contributed by atoms with Gasteiger partial charge in [0.1, 0.15) is 6.07 Å². The van der Waals surface area contributed by atoms with Gasteiger partial charge in [0.15, 0.2) is 0 Å². The topological polar surface area (TPSA) is 43.7 Å². The summed E-state index contributed by atoms with van der Waals surface area (Å²) in [5.74, 6) is 0. The average Bonchev–Trinajstić information content (AvgIpc) is 1.37. The van der Waals surface area contributed by atoms with Gasteiger partial charge in [-0.25, -0.2) is 5.11 Å². The van der Waals surface area contributed by atoms with E-state index in [9.17, 15) is 0 Å². The molecule has 19 valence electrons. The molecule has 0 atom stereocenters. The van der Waals surface area contributed by atoms with Crippen molar-refractivity contribution in [3.63, 3.8) is 0 Å². The van der Waals surface area contributed by atoms with Crippen LogP contribution in [0.5, 0.6) is 0 Å². The van der Waals surface area contributed by atoms with E-state index in [0.29, 0.717) is 0 Å². The maximum absolute atomic E-state index is 8.69. The molecule has 0 aromatic heterocycles. The van der Waals surface area contributed by atoms with Gasteiger partial charge >= 0.3 is 0 Å². The summed E-state index contributed by atoms with van der Waals surface area (Å²) in [6.45, 7) is 0.986. The van der Waals surface area contributed by atoms with Crippen molar-refractivity contribution in [2.45, 2.75) is 0 Å². The molecule has 0 N–H and O–H groups in total. The Bertz CT molecular complexity index is 35.8. The smallest absolute Gasteiger partial charge is 0.203 e. The van der Waals surface area contributed by atoms with Crippen molar-refractivity contribution in [1.82, 2.24) is 0 Å².